The lowest BCUT2D eigenvalue weighted by molar-refractivity contribution is 0.796. The first-order chi connectivity index (χ1) is 24.2. The molecule has 0 unspecified atom stereocenters. The number of imidazole rings is 1. The van der Waals surface area contributed by atoms with E-state index >= 15 is 0 Å². The van der Waals surface area contributed by atoms with Gasteiger partial charge < -0.3 is 4.57 Å². The number of rotatable bonds is 2. The van der Waals surface area contributed by atoms with E-state index in [1.807, 2.05) is 0 Å². The maximum absolute atomic E-state index is 5.18. The number of hydrogen-bond acceptors (Lipinski definition) is 1. The molecule has 49 heavy (non-hydrogen) atoms. The number of fused-ring (bicyclic) bond motifs is 14. The topological polar surface area (TPSA) is 17.8 Å². The van der Waals surface area contributed by atoms with Crippen molar-refractivity contribution in [3.8, 4) is 44.8 Å². The molecule has 2 nitrogen and oxygen atoms in total. The zero-order valence-corrected chi connectivity index (χ0v) is 27.0. The Balaban J connectivity index is 1.26. The van der Waals surface area contributed by atoms with Crippen LogP contribution in [0.1, 0.15) is 22.3 Å². The normalized spacial score (nSPS) is 13.6. The van der Waals surface area contributed by atoms with Crippen LogP contribution in [-0.2, 0) is 12.5 Å². The van der Waals surface area contributed by atoms with Crippen molar-refractivity contribution >= 4 is 32.6 Å². The molecule has 2 aliphatic rings. The number of aromatic nitrogens is 2. The van der Waals surface area contributed by atoms with Gasteiger partial charge in [0.15, 0.2) is 0 Å². The van der Waals surface area contributed by atoms with Crippen LogP contribution in [-0.4, -0.2) is 9.55 Å². The van der Waals surface area contributed by atoms with Crippen molar-refractivity contribution in [3.05, 3.63) is 186 Å². The lowest BCUT2D eigenvalue weighted by Gasteiger charge is -2.31. The standard InChI is InChI=1S/C47H30N2/c1-49-44-24-23-32(27-43(44)48-46(49)29-13-3-2-4-14-29)37-28-42-45(36-20-8-7-17-33(36)37)38-25-30-15-5-6-16-31(30)26-41(38)47(42)39-21-11-9-18-34(39)35-19-10-12-22-40(35)47/h2-28H,1H3. The molecule has 1 spiro atoms. The van der Waals surface area contributed by atoms with Crippen LogP contribution in [0.25, 0.3) is 77.3 Å². The van der Waals surface area contributed by atoms with Crippen molar-refractivity contribution < 1.29 is 0 Å². The van der Waals surface area contributed by atoms with Crippen LogP contribution < -0.4 is 0 Å². The Morgan fingerprint density at radius 3 is 1.84 bits per heavy atom. The van der Waals surface area contributed by atoms with E-state index in [1.165, 1.54) is 77.2 Å². The fourth-order valence-corrected chi connectivity index (χ4v) is 9.13. The summed E-state index contributed by atoms with van der Waals surface area (Å²) in [6, 6.07) is 60.7. The summed E-state index contributed by atoms with van der Waals surface area (Å²) in [4.78, 5) is 5.18. The summed E-state index contributed by atoms with van der Waals surface area (Å²) in [6.45, 7) is 0. The van der Waals surface area contributed by atoms with Gasteiger partial charge in [-0.1, -0.05) is 133 Å². The van der Waals surface area contributed by atoms with Gasteiger partial charge in [-0.3, -0.25) is 0 Å². The van der Waals surface area contributed by atoms with Crippen LogP contribution in [0.5, 0.6) is 0 Å². The van der Waals surface area contributed by atoms with Crippen LogP contribution in [0.2, 0.25) is 0 Å². The van der Waals surface area contributed by atoms with Crippen molar-refractivity contribution in [1.82, 2.24) is 9.55 Å². The molecular weight excluding hydrogens is 593 g/mol. The molecule has 11 rings (SSSR count). The van der Waals surface area contributed by atoms with E-state index in [2.05, 4.69) is 175 Å². The zero-order chi connectivity index (χ0) is 32.3. The van der Waals surface area contributed by atoms with Crippen molar-refractivity contribution in [2.24, 2.45) is 7.05 Å². The molecule has 9 aromatic rings. The SMILES string of the molecule is Cn1c(-c2ccccc2)nc2cc(-c3cc4c(c5ccccc35)-c3cc5ccccc5cc3C43c4ccccc4-c4ccccc43)ccc21. The molecule has 0 fully saturated rings. The first-order valence-electron chi connectivity index (χ1n) is 17.0. The highest BCUT2D eigenvalue weighted by Crippen LogP contribution is 2.64. The summed E-state index contributed by atoms with van der Waals surface area (Å²) in [7, 11) is 2.11. The lowest BCUT2D eigenvalue weighted by Crippen LogP contribution is -2.26. The Labute approximate surface area is 284 Å². The molecule has 1 heterocycles. The second-order valence-electron chi connectivity index (χ2n) is 13.5. The molecular formula is C47H30N2. The van der Waals surface area contributed by atoms with Gasteiger partial charge in [-0.2, -0.15) is 0 Å². The summed E-state index contributed by atoms with van der Waals surface area (Å²) >= 11 is 0. The molecule has 0 N–H and O–H groups in total. The second kappa shape index (κ2) is 9.65. The van der Waals surface area contributed by atoms with Crippen LogP contribution in [0.3, 0.4) is 0 Å². The van der Waals surface area contributed by atoms with Gasteiger partial charge in [0.2, 0.25) is 0 Å². The van der Waals surface area contributed by atoms with Crippen molar-refractivity contribution in [2.75, 3.05) is 0 Å². The van der Waals surface area contributed by atoms with E-state index in [-0.39, 0.29) is 0 Å². The predicted molar refractivity (Wildman–Crippen MR) is 203 cm³/mol. The van der Waals surface area contributed by atoms with Gasteiger partial charge in [-0.05, 0) is 108 Å². The van der Waals surface area contributed by atoms with Gasteiger partial charge in [0.1, 0.15) is 5.82 Å². The number of hydrogen-bond donors (Lipinski definition) is 0. The largest absolute Gasteiger partial charge is 0.327 e. The van der Waals surface area contributed by atoms with Gasteiger partial charge >= 0.3 is 0 Å². The highest BCUT2D eigenvalue weighted by atomic mass is 15.1. The minimum atomic E-state index is -0.434. The maximum Gasteiger partial charge on any atom is 0.140 e. The summed E-state index contributed by atoms with van der Waals surface area (Å²) in [5.41, 5.74) is 16.0. The Bertz CT molecular complexity index is 2790. The smallest absolute Gasteiger partial charge is 0.140 e. The van der Waals surface area contributed by atoms with Crippen LogP contribution in [0.4, 0.5) is 0 Å². The van der Waals surface area contributed by atoms with Crippen LogP contribution >= 0.6 is 0 Å². The Hall–Kier alpha value is -6.25. The third-order valence-corrected chi connectivity index (χ3v) is 11.2. The molecule has 0 amide bonds. The molecule has 0 saturated heterocycles. The summed E-state index contributed by atoms with van der Waals surface area (Å²) in [6.07, 6.45) is 0. The second-order valence-corrected chi connectivity index (χ2v) is 13.5. The summed E-state index contributed by atoms with van der Waals surface area (Å²) in [5, 5.41) is 5.09. The van der Waals surface area contributed by atoms with E-state index in [0.29, 0.717) is 0 Å². The highest BCUT2D eigenvalue weighted by Gasteiger charge is 2.52. The van der Waals surface area contributed by atoms with Crippen LogP contribution in [0.15, 0.2) is 164 Å². The van der Waals surface area contributed by atoms with Gasteiger partial charge in [-0.25, -0.2) is 4.98 Å². The minimum Gasteiger partial charge on any atom is -0.327 e. The van der Waals surface area contributed by atoms with Crippen LogP contribution in [0, 0.1) is 0 Å². The van der Waals surface area contributed by atoms with Crippen molar-refractivity contribution in [1.29, 1.82) is 0 Å². The van der Waals surface area contributed by atoms with E-state index in [0.717, 1.165) is 22.4 Å². The molecule has 8 aromatic carbocycles. The first-order valence-corrected chi connectivity index (χ1v) is 17.0. The molecule has 0 radical (unpaired) electrons. The van der Waals surface area contributed by atoms with Gasteiger partial charge in [0, 0.05) is 12.6 Å². The first kappa shape index (κ1) is 26.8. The van der Waals surface area contributed by atoms with Gasteiger partial charge in [0.25, 0.3) is 0 Å². The molecule has 0 saturated carbocycles. The number of nitrogens with zero attached hydrogens (tertiary/aromatic N) is 2. The van der Waals surface area contributed by atoms with E-state index in [1.54, 1.807) is 0 Å². The fourth-order valence-electron chi connectivity index (χ4n) is 9.13. The minimum absolute atomic E-state index is 0.434. The van der Waals surface area contributed by atoms with E-state index in [4.69, 9.17) is 4.98 Å². The summed E-state index contributed by atoms with van der Waals surface area (Å²) in [5.74, 6) is 0.979. The van der Waals surface area contributed by atoms with Crippen molar-refractivity contribution in [2.45, 2.75) is 5.41 Å². The zero-order valence-electron chi connectivity index (χ0n) is 27.0. The monoisotopic (exact) mass is 622 g/mol. The average molecular weight is 623 g/mol. The van der Waals surface area contributed by atoms with E-state index in [9.17, 15) is 0 Å². The maximum atomic E-state index is 5.18. The Kier molecular flexibility index (Phi) is 5.28. The molecule has 0 bridgehead atoms. The third kappa shape index (κ3) is 3.43. The molecule has 228 valence electrons. The third-order valence-electron chi connectivity index (χ3n) is 11.2. The highest BCUT2D eigenvalue weighted by molar-refractivity contribution is 6.13. The average Bonchev–Trinajstić information content (AvgIpc) is 3.76. The predicted octanol–water partition coefficient (Wildman–Crippen LogP) is 11.6. The van der Waals surface area contributed by atoms with Gasteiger partial charge in [0.05, 0.1) is 16.4 Å². The Morgan fingerprint density at radius 2 is 1.08 bits per heavy atom. The van der Waals surface area contributed by atoms with Crippen molar-refractivity contribution in [3.63, 3.8) is 0 Å². The Morgan fingerprint density at radius 1 is 0.449 bits per heavy atom. The molecule has 2 aliphatic carbocycles. The van der Waals surface area contributed by atoms with E-state index < -0.39 is 5.41 Å². The molecule has 0 aliphatic heterocycles. The van der Waals surface area contributed by atoms with Gasteiger partial charge in [-0.15, -0.1) is 0 Å². The summed E-state index contributed by atoms with van der Waals surface area (Å²) < 4.78 is 2.21. The molecule has 0 atom stereocenters. The number of benzene rings is 8. The molecule has 2 heteroatoms. The number of aryl methyl sites for hydroxylation is 1. The molecule has 1 aromatic heterocycles. The fraction of sp³-hybridized carbons (Fsp3) is 0.0426. The quantitative estimate of drug-likeness (QED) is 0.188. The lowest BCUT2D eigenvalue weighted by atomic mass is 9.69.